The van der Waals surface area contributed by atoms with Crippen molar-refractivity contribution < 1.29 is 5.11 Å². The molecule has 0 aliphatic rings. The van der Waals surface area contributed by atoms with Gasteiger partial charge in [-0.05, 0) is 15.9 Å². The van der Waals surface area contributed by atoms with Crippen LogP contribution < -0.4 is 5.73 Å². The number of halogens is 1. The summed E-state index contributed by atoms with van der Waals surface area (Å²) in [5.41, 5.74) is 5.23. The van der Waals surface area contributed by atoms with Crippen molar-refractivity contribution in [2.75, 3.05) is 6.54 Å². The Kier molecular flexibility index (Phi) is 3.58. The molecule has 12 heavy (non-hydrogen) atoms. The lowest BCUT2D eigenvalue weighted by Gasteiger charge is -2.04. The van der Waals surface area contributed by atoms with E-state index in [0.29, 0.717) is 12.2 Å². The quantitative estimate of drug-likeness (QED) is 0.775. The first-order valence-corrected chi connectivity index (χ1v) is 4.36. The van der Waals surface area contributed by atoms with Gasteiger partial charge in [0, 0.05) is 25.4 Å². The highest BCUT2D eigenvalue weighted by atomic mass is 79.9. The Morgan fingerprint density at radius 1 is 1.50 bits per heavy atom. The van der Waals surface area contributed by atoms with Crippen LogP contribution in [0.1, 0.15) is 5.82 Å². The Morgan fingerprint density at radius 3 is 2.58 bits per heavy atom. The number of nitrogens with zero attached hydrogens (tertiary/aromatic N) is 2. The molecule has 5 heteroatoms. The fraction of sp³-hybridized carbons (Fsp3) is 0.429. The zero-order valence-corrected chi connectivity index (χ0v) is 8.03. The summed E-state index contributed by atoms with van der Waals surface area (Å²) in [5, 5.41) is 9.16. The molecule has 4 nitrogen and oxygen atoms in total. The van der Waals surface area contributed by atoms with Crippen molar-refractivity contribution in [2.45, 2.75) is 12.5 Å². The molecule has 0 spiro atoms. The smallest absolute Gasteiger partial charge is 0.130 e. The standard InChI is InChI=1S/C7H10BrN3O/c8-5-3-10-7(11-4-5)1-6(12)2-9/h3-4,6,12H,1-2,9H2. The molecule has 0 radical (unpaired) electrons. The van der Waals surface area contributed by atoms with Gasteiger partial charge in [0.1, 0.15) is 5.82 Å². The van der Waals surface area contributed by atoms with Crippen molar-refractivity contribution in [3.63, 3.8) is 0 Å². The molecule has 1 atom stereocenters. The summed E-state index contributed by atoms with van der Waals surface area (Å²) < 4.78 is 0.827. The second-order valence-corrected chi connectivity index (χ2v) is 3.33. The molecule has 0 saturated heterocycles. The van der Waals surface area contributed by atoms with E-state index in [1.54, 1.807) is 12.4 Å². The fourth-order valence-electron chi connectivity index (χ4n) is 0.739. The summed E-state index contributed by atoms with van der Waals surface area (Å²) in [7, 11) is 0. The van der Waals surface area contributed by atoms with Gasteiger partial charge in [-0.2, -0.15) is 0 Å². The van der Waals surface area contributed by atoms with Crippen LogP contribution in [0.25, 0.3) is 0 Å². The number of aromatic nitrogens is 2. The van der Waals surface area contributed by atoms with Gasteiger partial charge in [0.05, 0.1) is 10.6 Å². The molecule has 1 unspecified atom stereocenters. The van der Waals surface area contributed by atoms with E-state index in [4.69, 9.17) is 10.8 Å². The molecule has 0 bridgehead atoms. The number of hydrogen-bond acceptors (Lipinski definition) is 4. The molecule has 66 valence electrons. The lowest BCUT2D eigenvalue weighted by Crippen LogP contribution is -2.22. The van der Waals surface area contributed by atoms with E-state index in [9.17, 15) is 0 Å². The van der Waals surface area contributed by atoms with E-state index in [1.165, 1.54) is 0 Å². The molecule has 1 aromatic rings. The van der Waals surface area contributed by atoms with Crippen molar-refractivity contribution >= 4 is 15.9 Å². The maximum Gasteiger partial charge on any atom is 0.130 e. The summed E-state index contributed by atoms with van der Waals surface area (Å²) in [6.45, 7) is 0.236. The average molecular weight is 232 g/mol. The van der Waals surface area contributed by atoms with Gasteiger partial charge in [0.2, 0.25) is 0 Å². The molecule has 0 saturated carbocycles. The maximum absolute atomic E-state index is 9.16. The molecule has 3 N–H and O–H groups in total. The number of hydrogen-bond donors (Lipinski definition) is 2. The van der Waals surface area contributed by atoms with Crippen LogP contribution >= 0.6 is 15.9 Å². The SMILES string of the molecule is NCC(O)Cc1ncc(Br)cn1. The third kappa shape index (κ3) is 2.84. The van der Waals surface area contributed by atoms with Gasteiger partial charge >= 0.3 is 0 Å². The van der Waals surface area contributed by atoms with Crippen LogP contribution in [0.2, 0.25) is 0 Å². The topological polar surface area (TPSA) is 72.0 Å². The lowest BCUT2D eigenvalue weighted by molar-refractivity contribution is 0.181. The summed E-state index contributed by atoms with van der Waals surface area (Å²) in [6.07, 6.45) is 3.15. The molecule has 0 fully saturated rings. The van der Waals surface area contributed by atoms with Crippen LogP contribution in [0.15, 0.2) is 16.9 Å². The van der Waals surface area contributed by atoms with E-state index < -0.39 is 6.10 Å². The third-order valence-electron chi connectivity index (χ3n) is 1.36. The van der Waals surface area contributed by atoms with Gasteiger partial charge in [-0.1, -0.05) is 0 Å². The molecule has 0 aromatic carbocycles. The highest BCUT2D eigenvalue weighted by Gasteiger charge is 2.04. The van der Waals surface area contributed by atoms with E-state index in [0.717, 1.165) is 4.47 Å². The largest absolute Gasteiger partial charge is 0.391 e. The highest BCUT2D eigenvalue weighted by molar-refractivity contribution is 9.10. The Bertz CT molecular complexity index is 239. The van der Waals surface area contributed by atoms with E-state index >= 15 is 0 Å². The number of rotatable bonds is 3. The number of aliphatic hydroxyl groups excluding tert-OH is 1. The molecular weight excluding hydrogens is 222 g/mol. The Hall–Kier alpha value is -0.520. The van der Waals surface area contributed by atoms with E-state index in [2.05, 4.69) is 25.9 Å². The molecule has 1 rings (SSSR count). The molecule has 0 aliphatic carbocycles. The predicted octanol–water partition coefficient (Wildman–Crippen LogP) is 0.101. The zero-order chi connectivity index (χ0) is 8.97. The first-order valence-electron chi connectivity index (χ1n) is 3.57. The van der Waals surface area contributed by atoms with Gasteiger partial charge in [0.25, 0.3) is 0 Å². The van der Waals surface area contributed by atoms with Crippen molar-refractivity contribution in [1.82, 2.24) is 9.97 Å². The highest BCUT2D eigenvalue weighted by Crippen LogP contribution is 2.05. The van der Waals surface area contributed by atoms with Crippen LogP contribution in [0.5, 0.6) is 0 Å². The Morgan fingerprint density at radius 2 is 2.08 bits per heavy atom. The molecular formula is C7H10BrN3O. The molecule has 1 heterocycles. The van der Waals surface area contributed by atoms with E-state index in [1.807, 2.05) is 0 Å². The lowest BCUT2D eigenvalue weighted by atomic mass is 10.2. The van der Waals surface area contributed by atoms with Gasteiger partial charge in [-0.25, -0.2) is 9.97 Å². The minimum atomic E-state index is -0.550. The van der Waals surface area contributed by atoms with Crippen LogP contribution in [-0.2, 0) is 6.42 Å². The predicted molar refractivity (Wildman–Crippen MR) is 48.5 cm³/mol. The third-order valence-corrected chi connectivity index (χ3v) is 1.77. The first kappa shape index (κ1) is 9.57. The summed E-state index contributed by atoms with van der Waals surface area (Å²) in [5.74, 6) is 0.608. The van der Waals surface area contributed by atoms with Gasteiger partial charge in [-0.3, -0.25) is 0 Å². The van der Waals surface area contributed by atoms with Crippen molar-refractivity contribution in [1.29, 1.82) is 0 Å². The molecule has 0 amide bonds. The monoisotopic (exact) mass is 231 g/mol. The summed E-state index contributed by atoms with van der Waals surface area (Å²) in [6, 6.07) is 0. The van der Waals surface area contributed by atoms with Gasteiger partial charge < -0.3 is 10.8 Å². The normalized spacial score (nSPS) is 12.9. The van der Waals surface area contributed by atoms with Crippen LogP contribution in [0.3, 0.4) is 0 Å². The number of aliphatic hydroxyl groups is 1. The number of nitrogens with two attached hydrogens (primary N) is 1. The van der Waals surface area contributed by atoms with Crippen LogP contribution in [0.4, 0.5) is 0 Å². The van der Waals surface area contributed by atoms with Crippen molar-refractivity contribution in [3.05, 3.63) is 22.7 Å². The van der Waals surface area contributed by atoms with Crippen LogP contribution in [-0.4, -0.2) is 27.7 Å². The zero-order valence-electron chi connectivity index (χ0n) is 6.44. The van der Waals surface area contributed by atoms with Crippen molar-refractivity contribution in [3.8, 4) is 0 Å². The Balaban J connectivity index is 2.58. The minimum absolute atomic E-state index is 0.236. The maximum atomic E-state index is 9.16. The second-order valence-electron chi connectivity index (χ2n) is 2.41. The van der Waals surface area contributed by atoms with Crippen LogP contribution in [0, 0.1) is 0 Å². The minimum Gasteiger partial charge on any atom is -0.391 e. The van der Waals surface area contributed by atoms with Crippen molar-refractivity contribution in [2.24, 2.45) is 5.73 Å². The summed E-state index contributed by atoms with van der Waals surface area (Å²) >= 11 is 3.22. The average Bonchev–Trinajstić information content (AvgIpc) is 2.09. The fourth-order valence-corrected chi connectivity index (χ4v) is 0.943. The van der Waals surface area contributed by atoms with Gasteiger partial charge in [-0.15, -0.1) is 0 Å². The van der Waals surface area contributed by atoms with E-state index in [-0.39, 0.29) is 6.54 Å². The first-order chi connectivity index (χ1) is 5.72. The molecule has 0 aliphatic heterocycles. The van der Waals surface area contributed by atoms with Gasteiger partial charge in [0.15, 0.2) is 0 Å². The second kappa shape index (κ2) is 4.49. The Labute approximate surface area is 79.0 Å². The molecule has 1 aromatic heterocycles. The summed E-state index contributed by atoms with van der Waals surface area (Å²) in [4.78, 5) is 7.99.